The second-order valence-corrected chi connectivity index (χ2v) is 7.42. The summed E-state index contributed by atoms with van der Waals surface area (Å²) in [5.41, 5.74) is 2.55. The summed E-state index contributed by atoms with van der Waals surface area (Å²) in [6.45, 7) is 7.68. The van der Waals surface area contributed by atoms with Crippen LogP contribution in [0.3, 0.4) is 0 Å². The van der Waals surface area contributed by atoms with Gasteiger partial charge in [-0.05, 0) is 51.3 Å². The zero-order valence-corrected chi connectivity index (χ0v) is 16.4. The molecule has 2 atom stereocenters. The molecule has 2 aromatic rings. The maximum atomic E-state index is 4.37. The molecule has 2 heterocycles. The van der Waals surface area contributed by atoms with E-state index in [1.54, 1.807) is 0 Å². The Balaban J connectivity index is 1.44. The molecular weight excluding hydrogens is 322 g/mol. The molecule has 1 aromatic heterocycles. The van der Waals surface area contributed by atoms with Gasteiger partial charge in [0.1, 0.15) is 0 Å². The molecule has 26 heavy (non-hydrogen) atoms. The fraction of sp³-hybridized carbons (Fsp3) is 0.571. The van der Waals surface area contributed by atoms with Crippen molar-refractivity contribution in [3.05, 3.63) is 36.0 Å². The van der Waals surface area contributed by atoms with Crippen molar-refractivity contribution >= 4 is 16.9 Å². The lowest BCUT2D eigenvalue weighted by Gasteiger charge is -2.38. The van der Waals surface area contributed by atoms with Crippen LogP contribution in [0.2, 0.25) is 0 Å². The summed E-state index contributed by atoms with van der Waals surface area (Å²) in [6.07, 6.45) is 7.11. The van der Waals surface area contributed by atoms with Crippen molar-refractivity contribution in [3.63, 3.8) is 0 Å². The van der Waals surface area contributed by atoms with Gasteiger partial charge in [0.05, 0.1) is 0 Å². The molecule has 0 radical (unpaired) electrons. The maximum Gasteiger partial charge on any atom is 0.191 e. The molecule has 5 heteroatoms. The summed E-state index contributed by atoms with van der Waals surface area (Å²) in [5.74, 6) is 0.890. The van der Waals surface area contributed by atoms with E-state index in [4.69, 9.17) is 0 Å². The lowest BCUT2D eigenvalue weighted by molar-refractivity contribution is 0.115. The van der Waals surface area contributed by atoms with Crippen LogP contribution in [-0.2, 0) is 6.42 Å². The molecule has 1 fully saturated rings. The van der Waals surface area contributed by atoms with Crippen molar-refractivity contribution in [1.82, 2.24) is 20.5 Å². The molecule has 1 aromatic carbocycles. The molecule has 1 aliphatic rings. The van der Waals surface area contributed by atoms with Crippen LogP contribution in [0.4, 0.5) is 0 Å². The topological polar surface area (TPSA) is 55.5 Å². The highest BCUT2D eigenvalue weighted by Crippen LogP contribution is 2.19. The predicted molar refractivity (Wildman–Crippen MR) is 111 cm³/mol. The maximum absolute atomic E-state index is 4.37. The third kappa shape index (κ3) is 4.58. The van der Waals surface area contributed by atoms with Gasteiger partial charge in [0.25, 0.3) is 0 Å². The Morgan fingerprint density at radius 3 is 2.96 bits per heavy atom. The summed E-state index contributed by atoms with van der Waals surface area (Å²) in [7, 11) is 1.84. The quantitative estimate of drug-likeness (QED) is 0.551. The first kappa shape index (κ1) is 18.8. The first-order valence-electron chi connectivity index (χ1n) is 9.94. The second-order valence-electron chi connectivity index (χ2n) is 7.42. The number of piperidine rings is 1. The molecule has 5 nitrogen and oxygen atoms in total. The Labute approximate surface area is 157 Å². The Morgan fingerprint density at radius 2 is 2.15 bits per heavy atom. The number of nitrogens with zero attached hydrogens (tertiary/aromatic N) is 2. The van der Waals surface area contributed by atoms with Gasteiger partial charge in [0, 0.05) is 49.3 Å². The van der Waals surface area contributed by atoms with Gasteiger partial charge in [-0.1, -0.05) is 24.6 Å². The van der Waals surface area contributed by atoms with Crippen molar-refractivity contribution in [2.24, 2.45) is 4.99 Å². The number of aromatic amines is 1. The molecule has 2 unspecified atom stereocenters. The molecule has 0 spiro atoms. The third-order valence-electron chi connectivity index (χ3n) is 5.57. The molecule has 0 saturated carbocycles. The Hall–Kier alpha value is -2.01. The number of hydrogen-bond donors (Lipinski definition) is 3. The number of benzene rings is 1. The number of H-pyrrole nitrogens is 1. The van der Waals surface area contributed by atoms with Gasteiger partial charge in [-0.3, -0.25) is 9.89 Å². The van der Waals surface area contributed by atoms with E-state index in [9.17, 15) is 0 Å². The van der Waals surface area contributed by atoms with Crippen molar-refractivity contribution < 1.29 is 0 Å². The number of guanidine groups is 1. The normalized spacial score (nSPS) is 20.3. The van der Waals surface area contributed by atoms with E-state index in [0.29, 0.717) is 12.1 Å². The van der Waals surface area contributed by atoms with Crippen molar-refractivity contribution in [2.75, 3.05) is 26.7 Å². The minimum Gasteiger partial charge on any atom is -0.361 e. The first-order valence-corrected chi connectivity index (χ1v) is 9.94. The molecule has 3 N–H and O–H groups in total. The smallest absolute Gasteiger partial charge is 0.191 e. The summed E-state index contributed by atoms with van der Waals surface area (Å²) in [5, 5.41) is 8.25. The average molecular weight is 356 g/mol. The van der Waals surface area contributed by atoms with E-state index < -0.39 is 0 Å². The first-order chi connectivity index (χ1) is 12.7. The standard InChI is InChI=1S/C21H33N5/c1-16-8-6-7-13-26(16)17(2)14-25-21(22-3)23-12-11-18-15-24-20-10-5-4-9-19(18)20/h4-5,9-10,15-17,24H,6-8,11-14H2,1-3H3,(H2,22,23,25). The predicted octanol–water partition coefficient (Wildman–Crippen LogP) is 3.14. The summed E-state index contributed by atoms with van der Waals surface area (Å²) in [6, 6.07) is 9.67. The van der Waals surface area contributed by atoms with Crippen molar-refractivity contribution in [1.29, 1.82) is 0 Å². The molecule has 0 amide bonds. The summed E-state index contributed by atoms with van der Waals surface area (Å²) >= 11 is 0. The minimum atomic E-state index is 0.525. The van der Waals surface area contributed by atoms with Crippen LogP contribution in [-0.4, -0.2) is 54.6 Å². The number of para-hydroxylation sites is 1. The van der Waals surface area contributed by atoms with E-state index in [1.807, 2.05) is 7.05 Å². The molecule has 1 saturated heterocycles. The number of nitrogens with one attached hydrogen (secondary N) is 3. The van der Waals surface area contributed by atoms with Gasteiger partial charge in [0.2, 0.25) is 0 Å². The fourth-order valence-corrected chi connectivity index (χ4v) is 4.01. The van der Waals surface area contributed by atoms with Crippen LogP contribution in [0.15, 0.2) is 35.5 Å². The third-order valence-corrected chi connectivity index (χ3v) is 5.57. The van der Waals surface area contributed by atoms with Gasteiger partial charge < -0.3 is 15.6 Å². The van der Waals surface area contributed by atoms with Crippen LogP contribution in [0.1, 0.15) is 38.7 Å². The Bertz CT molecular complexity index is 720. The average Bonchev–Trinajstić information content (AvgIpc) is 3.08. The Morgan fingerprint density at radius 1 is 1.31 bits per heavy atom. The van der Waals surface area contributed by atoms with E-state index >= 15 is 0 Å². The number of aromatic nitrogens is 1. The van der Waals surface area contributed by atoms with Gasteiger partial charge in [-0.15, -0.1) is 0 Å². The number of fused-ring (bicyclic) bond motifs is 1. The summed E-state index contributed by atoms with van der Waals surface area (Å²) in [4.78, 5) is 10.3. The van der Waals surface area contributed by atoms with Crippen LogP contribution < -0.4 is 10.6 Å². The number of hydrogen-bond acceptors (Lipinski definition) is 2. The second kappa shape index (κ2) is 9.08. The van der Waals surface area contributed by atoms with Crippen LogP contribution >= 0.6 is 0 Å². The van der Waals surface area contributed by atoms with Crippen LogP contribution in [0, 0.1) is 0 Å². The largest absolute Gasteiger partial charge is 0.361 e. The number of rotatable bonds is 6. The minimum absolute atomic E-state index is 0.525. The van der Waals surface area contributed by atoms with E-state index in [2.05, 4.69) is 69.8 Å². The van der Waals surface area contributed by atoms with Gasteiger partial charge in [-0.2, -0.15) is 0 Å². The molecular formula is C21H33N5. The van der Waals surface area contributed by atoms with Crippen LogP contribution in [0.25, 0.3) is 10.9 Å². The zero-order chi connectivity index (χ0) is 18.4. The SMILES string of the molecule is CN=C(NCCc1c[nH]c2ccccc12)NCC(C)N1CCCCC1C. The van der Waals surface area contributed by atoms with E-state index in [1.165, 1.54) is 42.3 Å². The monoisotopic (exact) mass is 355 g/mol. The fourth-order valence-electron chi connectivity index (χ4n) is 4.01. The lowest BCUT2D eigenvalue weighted by Crippen LogP contribution is -2.50. The molecule has 142 valence electrons. The van der Waals surface area contributed by atoms with Gasteiger partial charge >= 0.3 is 0 Å². The van der Waals surface area contributed by atoms with Crippen LogP contribution in [0.5, 0.6) is 0 Å². The Kier molecular flexibility index (Phi) is 6.56. The molecule has 3 rings (SSSR count). The molecule has 0 bridgehead atoms. The van der Waals surface area contributed by atoms with Crippen molar-refractivity contribution in [3.8, 4) is 0 Å². The van der Waals surface area contributed by atoms with Crippen molar-refractivity contribution in [2.45, 2.75) is 51.6 Å². The zero-order valence-electron chi connectivity index (χ0n) is 16.4. The highest BCUT2D eigenvalue weighted by Gasteiger charge is 2.22. The highest BCUT2D eigenvalue weighted by molar-refractivity contribution is 5.83. The van der Waals surface area contributed by atoms with Gasteiger partial charge in [-0.25, -0.2) is 0 Å². The van der Waals surface area contributed by atoms with E-state index in [-0.39, 0.29) is 0 Å². The number of likely N-dealkylation sites (tertiary alicyclic amines) is 1. The highest BCUT2D eigenvalue weighted by atomic mass is 15.2. The summed E-state index contributed by atoms with van der Waals surface area (Å²) < 4.78 is 0. The molecule has 1 aliphatic heterocycles. The molecule has 0 aliphatic carbocycles. The number of aliphatic imine (C=N–C) groups is 1. The van der Waals surface area contributed by atoms with E-state index in [0.717, 1.165) is 25.5 Å². The lowest BCUT2D eigenvalue weighted by atomic mass is 10.0. The van der Waals surface area contributed by atoms with Gasteiger partial charge in [0.15, 0.2) is 5.96 Å².